The summed E-state index contributed by atoms with van der Waals surface area (Å²) in [5.41, 5.74) is 2.54. The molecule has 0 unspecified atom stereocenters. The number of nitrogens with one attached hydrogen (secondary N) is 1. The van der Waals surface area contributed by atoms with Gasteiger partial charge in [-0.05, 0) is 42.5 Å². The lowest BCUT2D eigenvalue weighted by Crippen LogP contribution is -2.25. The number of alkyl halides is 3. The van der Waals surface area contributed by atoms with Crippen molar-refractivity contribution >= 4 is 17.8 Å². The maximum Gasteiger partial charge on any atom is 0.490 e. The molecule has 0 spiro atoms. The van der Waals surface area contributed by atoms with Crippen LogP contribution in [-0.4, -0.2) is 51.8 Å². The van der Waals surface area contributed by atoms with Crippen LogP contribution >= 0.6 is 0 Å². The van der Waals surface area contributed by atoms with Crippen molar-refractivity contribution in [2.75, 3.05) is 19.0 Å². The number of hydrogen-bond acceptors (Lipinski definition) is 5. The van der Waals surface area contributed by atoms with Gasteiger partial charge in [0, 0.05) is 63.0 Å². The first-order valence-electron chi connectivity index (χ1n) is 11.1. The lowest BCUT2D eigenvalue weighted by atomic mass is 10.2. The third kappa shape index (κ3) is 7.98. The highest BCUT2D eigenvalue weighted by Gasteiger charge is 2.38. The monoisotopic (exact) mass is 525 g/mol. The van der Waals surface area contributed by atoms with E-state index in [1.807, 2.05) is 29.8 Å². The number of carboxylic acids is 1. The number of carboxylic acid groups (broad SMARTS) is 1. The molecule has 37 heavy (non-hydrogen) atoms. The lowest BCUT2D eigenvalue weighted by molar-refractivity contribution is -0.192. The Morgan fingerprint density at radius 3 is 2.11 bits per heavy atom. The quantitative estimate of drug-likeness (QED) is 0.447. The molecule has 0 bridgehead atoms. The second-order valence-corrected chi connectivity index (χ2v) is 8.64. The highest BCUT2D eigenvalue weighted by atomic mass is 19.4. The van der Waals surface area contributed by atoms with Gasteiger partial charge in [0.15, 0.2) is 0 Å². The van der Waals surface area contributed by atoms with Gasteiger partial charge in [0.05, 0.1) is 0 Å². The van der Waals surface area contributed by atoms with E-state index >= 15 is 0 Å². The van der Waals surface area contributed by atoms with Gasteiger partial charge < -0.3 is 19.9 Å². The zero-order chi connectivity index (χ0) is 27.3. The van der Waals surface area contributed by atoms with Gasteiger partial charge in [0.1, 0.15) is 17.3 Å². The smallest absolute Gasteiger partial charge is 0.475 e. The first kappa shape index (κ1) is 27.6. The molecular weight excluding hydrogens is 501 g/mol. The number of nitrogens with zero attached hydrogens (tertiary/aromatic N) is 4. The molecule has 2 N–H and O–H groups in total. The van der Waals surface area contributed by atoms with Gasteiger partial charge in [-0.1, -0.05) is 0 Å². The Morgan fingerprint density at radius 1 is 1.05 bits per heavy atom. The Bertz CT molecular complexity index is 1230. The maximum atomic E-state index is 13.4. The second kappa shape index (κ2) is 11.4. The van der Waals surface area contributed by atoms with Crippen LogP contribution in [0.2, 0.25) is 0 Å². The van der Waals surface area contributed by atoms with Crippen LogP contribution in [0.4, 0.5) is 27.9 Å². The van der Waals surface area contributed by atoms with Gasteiger partial charge in [0.2, 0.25) is 5.95 Å². The molecule has 1 fully saturated rings. The van der Waals surface area contributed by atoms with Crippen LogP contribution in [0.1, 0.15) is 28.9 Å². The van der Waals surface area contributed by atoms with Crippen molar-refractivity contribution in [3.05, 3.63) is 65.7 Å². The number of benzene rings is 1. The molecule has 1 saturated carbocycles. The van der Waals surface area contributed by atoms with E-state index in [1.54, 1.807) is 18.5 Å². The summed E-state index contributed by atoms with van der Waals surface area (Å²) in [4.78, 5) is 32.2. The standard InChI is InChI=1S/C22H23F2N5O.C2HF3O2/c1-28(2)22-26-10-17(11-27-22)16-7-20(29(13-16)12-14-3-4-14)21(30)25-9-15-5-18(23)8-19(24)6-15;3-2(4,5)1(6)7/h5-8,10-11,13-14H,3-4,9,12H2,1-2H3,(H,25,30);(H,6,7). The van der Waals surface area contributed by atoms with E-state index < -0.39 is 23.8 Å². The van der Waals surface area contributed by atoms with Crippen LogP contribution in [0.15, 0.2) is 42.9 Å². The predicted octanol–water partition coefficient (Wildman–Crippen LogP) is 4.26. The third-order valence-electron chi connectivity index (χ3n) is 5.27. The number of anilines is 1. The molecule has 1 aliphatic rings. The third-order valence-corrected chi connectivity index (χ3v) is 5.27. The van der Waals surface area contributed by atoms with Gasteiger partial charge in [-0.15, -0.1) is 0 Å². The SMILES string of the molecule is CN(C)c1ncc(-c2cc(C(=O)NCc3cc(F)cc(F)c3)n(CC3CC3)c2)cn1.O=C(O)C(F)(F)F. The number of halogens is 5. The molecule has 0 aliphatic heterocycles. The first-order chi connectivity index (χ1) is 17.3. The summed E-state index contributed by atoms with van der Waals surface area (Å²) in [7, 11) is 3.74. The van der Waals surface area contributed by atoms with Gasteiger partial charge >= 0.3 is 12.1 Å². The molecule has 198 valence electrons. The summed E-state index contributed by atoms with van der Waals surface area (Å²) in [5.74, 6) is -3.21. The van der Waals surface area contributed by atoms with Crippen LogP contribution in [0.5, 0.6) is 0 Å². The van der Waals surface area contributed by atoms with Crippen molar-refractivity contribution in [2.24, 2.45) is 5.92 Å². The van der Waals surface area contributed by atoms with Crippen LogP contribution in [-0.2, 0) is 17.9 Å². The number of carbonyl (C=O) groups excluding carboxylic acids is 1. The molecule has 3 aromatic rings. The number of aliphatic carboxylic acids is 1. The van der Waals surface area contributed by atoms with E-state index in [-0.39, 0.29) is 12.5 Å². The van der Waals surface area contributed by atoms with Crippen molar-refractivity contribution in [3.8, 4) is 11.1 Å². The maximum absolute atomic E-state index is 13.4. The largest absolute Gasteiger partial charge is 0.490 e. The number of carbonyl (C=O) groups is 2. The highest BCUT2D eigenvalue weighted by molar-refractivity contribution is 5.94. The molecule has 2 heterocycles. The number of aromatic nitrogens is 3. The van der Waals surface area contributed by atoms with Gasteiger partial charge in [-0.3, -0.25) is 4.79 Å². The minimum absolute atomic E-state index is 0.0398. The fourth-order valence-electron chi connectivity index (χ4n) is 3.28. The summed E-state index contributed by atoms with van der Waals surface area (Å²) < 4.78 is 60.4. The summed E-state index contributed by atoms with van der Waals surface area (Å²) in [5, 5.41) is 9.89. The number of hydrogen-bond donors (Lipinski definition) is 2. The van der Waals surface area contributed by atoms with E-state index in [0.717, 1.165) is 36.6 Å². The van der Waals surface area contributed by atoms with E-state index in [9.17, 15) is 26.7 Å². The van der Waals surface area contributed by atoms with E-state index in [4.69, 9.17) is 9.90 Å². The van der Waals surface area contributed by atoms with E-state index in [0.29, 0.717) is 23.1 Å². The summed E-state index contributed by atoms with van der Waals surface area (Å²) in [6.07, 6.45) is 2.62. The Kier molecular flexibility index (Phi) is 8.46. The Hall–Kier alpha value is -4.03. The molecule has 1 amide bonds. The molecule has 0 radical (unpaired) electrons. The van der Waals surface area contributed by atoms with Crippen LogP contribution < -0.4 is 10.2 Å². The average molecular weight is 525 g/mol. The zero-order valence-corrected chi connectivity index (χ0v) is 19.9. The minimum Gasteiger partial charge on any atom is -0.475 e. The number of amides is 1. The number of rotatable bonds is 7. The summed E-state index contributed by atoms with van der Waals surface area (Å²) >= 11 is 0. The molecule has 1 aromatic carbocycles. The normalized spacial score (nSPS) is 12.9. The molecule has 13 heteroatoms. The molecule has 2 aromatic heterocycles. The Labute approximate surface area is 208 Å². The topological polar surface area (TPSA) is 100 Å². The van der Waals surface area contributed by atoms with E-state index in [2.05, 4.69) is 15.3 Å². The van der Waals surface area contributed by atoms with Crippen molar-refractivity contribution in [1.82, 2.24) is 19.9 Å². The Balaban J connectivity index is 0.000000479. The second-order valence-electron chi connectivity index (χ2n) is 8.64. The fourth-order valence-corrected chi connectivity index (χ4v) is 3.28. The average Bonchev–Trinajstić information content (AvgIpc) is 3.53. The van der Waals surface area contributed by atoms with Crippen molar-refractivity contribution in [1.29, 1.82) is 0 Å². The molecule has 1 aliphatic carbocycles. The first-order valence-corrected chi connectivity index (χ1v) is 11.1. The summed E-state index contributed by atoms with van der Waals surface area (Å²) in [6, 6.07) is 5.03. The molecule has 0 atom stereocenters. The Morgan fingerprint density at radius 2 is 1.62 bits per heavy atom. The van der Waals surface area contributed by atoms with Crippen LogP contribution in [0, 0.1) is 17.6 Å². The molecular formula is C24H24F5N5O3. The predicted molar refractivity (Wildman–Crippen MR) is 124 cm³/mol. The van der Waals surface area contributed by atoms with Crippen molar-refractivity contribution in [3.63, 3.8) is 0 Å². The minimum atomic E-state index is -5.08. The zero-order valence-electron chi connectivity index (χ0n) is 19.9. The van der Waals surface area contributed by atoms with Gasteiger partial charge in [-0.2, -0.15) is 13.2 Å². The summed E-state index contributed by atoms with van der Waals surface area (Å²) in [6.45, 7) is 0.798. The van der Waals surface area contributed by atoms with E-state index in [1.165, 1.54) is 12.1 Å². The molecule has 0 saturated heterocycles. The van der Waals surface area contributed by atoms with Crippen molar-refractivity contribution in [2.45, 2.75) is 32.1 Å². The van der Waals surface area contributed by atoms with Gasteiger partial charge in [-0.25, -0.2) is 23.5 Å². The van der Waals surface area contributed by atoms with Gasteiger partial charge in [0.25, 0.3) is 5.91 Å². The van der Waals surface area contributed by atoms with Crippen LogP contribution in [0.3, 0.4) is 0 Å². The highest BCUT2D eigenvalue weighted by Crippen LogP contribution is 2.32. The molecule has 4 rings (SSSR count). The lowest BCUT2D eigenvalue weighted by Gasteiger charge is -2.09. The van der Waals surface area contributed by atoms with Crippen LogP contribution in [0.25, 0.3) is 11.1 Å². The fraction of sp³-hybridized carbons (Fsp3) is 0.333. The van der Waals surface area contributed by atoms with Crippen molar-refractivity contribution < 1.29 is 36.6 Å². The molecule has 8 nitrogen and oxygen atoms in total.